The van der Waals surface area contributed by atoms with Crippen LogP contribution in [0.5, 0.6) is 0 Å². The average Bonchev–Trinajstić information content (AvgIpc) is 3.72. The molecule has 10 nitrogen and oxygen atoms in total. The van der Waals surface area contributed by atoms with Gasteiger partial charge in [-0.1, -0.05) is 52.0 Å². The fraction of sp³-hybridized carbons (Fsp3) is 0.771. The number of aliphatic hydroxyl groups is 3. The minimum absolute atomic E-state index is 0.00543. The van der Waals surface area contributed by atoms with Gasteiger partial charge in [-0.15, -0.1) is 0 Å². The molecule has 0 aromatic carbocycles. The molecular formula is C35H60N2O8. The molecule has 0 radical (unpaired) electrons. The highest BCUT2D eigenvalue weighted by Gasteiger charge is 2.47. The van der Waals surface area contributed by atoms with Gasteiger partial charge in [-0.25, -0.2) is 4.79 Å². The van der Waals surface area contributed by atoms with E-state index >= 15 is 0 Å². The van der Waals surface area contributed by atoms with Crippen LogP contribution in [-0.2, 0) is 19.0 Å². The molecule has 1 saturated heterocycles. The second-order valence-electron chi connectivity index (χ2n) is 13.8. The van der Waals surface area contributed by atoms with E-state index in [0.29, 0.717) is 32.2 Å². The third-order valence-electron chi connectivity index (χ3n) is 8.95. The van der Waals surface area contributed by atoms with Crippen LogP contribution in [0, 0.1) is 17.8 Å². The van der Waals surface area contributed by atoms with Crippen molar-refractivity contribution in [2.24, 2.45) is 17.8 Å². The van der Waals surface area contributed by atoms with E-state index < -0.39 is 42.1 Å². The second kappa shape index (κ2) is 18.2. The molecule has 1 amide bonds. The molecule has 10 heteroatoms. The molecule has 0 saturated carbocycles. The number of ether oxygens (including phenoxy) is 3. The molecule has 0 spiro atoms. The summed E-state index contributed by atoms with van der Waals surface area (Å²) in [6, 6.07) is 0. The van der Waals surface area contributed by atoms with Crippen LogP contribution in [0.1, 0.15) is 80.1 Å². The average molecular weight is 637 g/mol. The Bertz CT molecular complexity index is 1030. The van der Waals surface area contributed by atoms with E-state index in [0.717, 1.165) is 18.5 Å². The molecular weight excluding hydrogens is 576 g/mol. The van der Waals surface area contributed by atoms with Crippen LogP contribution in [0.2, 0.25) is 0 Å². The number of esters is 1. The Balaban J connectivity index is 2.15. The number of allylic oxidation sites excluding steroid dienone is 2. The summed E-state index contributed by atoms with van der Waals surface area (Å²) in [5, 5.41) is 31.7. The van der Waals surface area contributed by atoms with E-state index in [2.05, 4.69) is 4.90 Å². The van der Waals surface area contributed by atoms with Gasteiger partial charge in [0.2, 0.25) is 0 Å². The fourth-order valence-corrected chi connectivity index (χ4v) is 5.72. The molecule has 45 heavy (non-hydrogen) atoms. The Kier molecular flexibility index (Phi) is 15.7. The summed E-state index contributed by atoms with van der Waals surface area (Å²) in [5.41, 5.74) is -0.361. The molecule has 10 atom stereocenters. The molecule has 258 valence electrons. The zero-order valence-electron chi connectivity index (χ0n) is 29.0. The first kappa shape index (κ1) is 38.9. The van der Waals surface area contributed by atoms with E-state index in [9.17, 15) is 24.9 Å². The maximum atomic E-state index is 12.9. The largest absolute Gasteiger partial charge is 0.457 e. The van der Waals surface area contributed by atoms with Crippen LogP contribution >= 0.6 is 0 Å². The number of carbonyl (C=O) groups is 2. The number of carbonyl (C=O) groups excluding carboxylic acids is 2. The Hall–Kier alpha value is -2.24. The van der Waals surface area contributed by atoms with Gasteiger partial charge in [0.15, 0.2) is 0 Å². The number of cyclic esters (lactones) is 1. The van der Waals surface area contributed by atoms with Crippen LogP contribution in [-0.4, -0.2) is 114 Å². The standard InChI is InChI=1S/C35H60N2O8/c1-10-28(39)26(5)33-30(43-33)22-35(6,42)18-11-13-24(3)32-25(4)15-17-29(23(2)14-16-27(38)21-31(40)45-32)44-34(41)37(9)20-12-19-36(7)8/h11,13,15,17-18,23,25-30,32-33,38-39,42H,10,12,14,16,19-22H2,1-9H3/b17-15+,18-11+,24-13+. The molecule has 1 fully saturated rings. The van der Waals surface area contributed by atoms with Crippen LogP contribution < -0.4 is 0 Å². The Labute approximate surface area is 271 Å². The van der Waals surface area contributed by atoms with Gasteiger partial charge in [0.05, 0.1) is 36.4 Å². The molecule has 0 bridgehead atoms. The Morgan fingerprint density at radius 2 is 1.89 bits per heavy atom. The predicted molar refractivity (Wildman–Crippen MR) is 176 cm³/mol. The van der Waals surface area contributed by atoms with Crippen molar-refractivity contribution in [3.63, 3.8) is 0 Å². The molecule has 2 aliphatic heterocycles. The van der Waals surface area contributed by atoms with Crippen molar-refractivity contribution >= 4 is 12.1 Å². The Morgan fingerprint density at radius 1 is 1.20 bits per heavy atom. The number of epoxide rings is 1. The quantitative estimate of drug-likeness (QED) is 0.116. The SMILES string of the molecule is CCC(O)C(C)C1OC1CC(C)(O)/C=C/C=C(\C)C1OC(=O)CC(O)CCC(C)C(OC(=O)N(C)CCCN(C)C)/C=C/C1C. The predicted octanol–water partition coefficient (Wildman–Crippen LogP) is 4.48. The summed E-state index contributed by atoms with van der Waals surface area (Å²) in [6.07, 6.45) is 8.79. The maximum absolute atomic E-state index is 12.9. The lowest BCUT2D eigenvalue weighted by Crippen LogP contribution is -2.35. The third kappa shape index (κ3) is 13.6. The molecule has 3 N–H and O–H groups in total. The third-order valence-corrected chi connectivity index (χ3v) is 8.95. The van der Waals surface area contributed by atoms with Crippen molar-refractivity contribution in [3.05, 3.63) is 36.0 Å². The molecule has 0 aromatic heterocycles. The highest BCUT2D eigenvalue weighted by atomic mass is 16.6. The van der Waals surface area contributed by atoms with E-state index in [1.54, 1.807) is 31.0 Å². The molecule has 0 aromatic rings. The lowest BCUT2D eigenvalue weighted by molar-refractivity contribution is -0.151. The molecule has 2 heterocycles. The van der Waals surface area contributed by atoms with Gasteiger partial charge in [0.1, 0.15) is 12.2 Å². The summed E-state index contributed by atoms with van der Waals surface area (Å²) < 4.78 is 17.5. The van der Waals surface area contributed by atoms with Crippen molar-refractivity contribution in [2.75, 3.05) is 34.2 Å². The first-order chi connectivity index (χ1) is 21.0. The molecule has 0 aliphatic carbocycles. The lowest BCUT2D eigenvalue weighted by atomic mass is 9.91. The van der Waals surface area contributed by atoms with Gasteiger partial charge < -0.3 is 39.3 Å². The van der Waals surface area contributed by atoms with E-state index in [1.807, 2.05) is 66.9 Å². The fourth-order valence-electron chi connectivity index (χ4n) is 5.72. The van der Waals surface area contributed by atoms with Crippen molar-refractivity contribution in [3.8, 4) is 0 Å². The van der Waals surface area contributed by atoms with Gasteiger partial charge in [-0.05, 0) is 77.7 Å². The van der Waals surface area contributed by atoms with Crippen LogP contribution in [0.25, 0.3) is 0 Å². The number of hydrogen-bond acceptors (Lipinski definition) is 9. The lowest BCUT2D eigenvalue weighted by Gasteiger charge is -2.28. The number of aliphatic hydroxyl groups excluding tert-OH is 2. The van der Waals surface area contributed by atoms with Crippen molar-refractivity contribution in [1.29, 1.82) is 0 Å². The van der Waals surface area contributed by atoms with E-state index in [-0.39, 0.29) is 36.4 Å². The molecule has 2 aliphatic rings. The number of rotatable bonds is 13. The molecule has 10 unspecified atom stereocenters. The van der Waals surface area contributed by atoms with Crippen LogP contribution in [0.15, 0.2) is 36.0 Å². The first-order valence-corrected chi connectivity index (χ1v) is 16.6. The zero-order chi connectivity index (χ0) is 33.9. The van der Waals surface area contributed by atoms with Gasteiger partial charge in [0.25, 0.3) is 0 Å². The zero-order valence-corrected chi connectivity index (χ0v) is 29.0. The first-order valence-electron chi connectivity index (χ1n) is 16.6. The van der Waals surface area contributed by atoms with Gasteiger partial charge in [-0.2, -0.15) is 0 Å². The number of nitrogens with zero attached hydrogens (tertiary/aromatic N) is 2. The smallest absolute Gasteiger partial charge is 0.410 e. The van der Waals surface area contributed by atoms with Gasteiger partial charge in [0, 0.05) is 31.8 Å². The van der Waals surface area contributed by atoms with Gasteiger partial charge in [-0.3, -0.25) is 4.79 Å². The summed E-state index contributed by atoms with van der Waals surface area (Å²) in [7, 11) is 5.72. The van der Waals surface area contributed by atoms with Gasteiger partial charge >= 0.3 is 12.1 Å². The topological polar surface area (TPSA) is 132 Å². The summed E-state index contributed by atoms with van der Waals surface area (Å²) in [4.78, 5) is 29.4. The summed E-state index contributed by atoms with van der Waals surface area (Å²) in [5.74, 6) is -0.798. The van der Waals surface area contributed by atoms with Crippen molar-refractivity contribution in [1.82, 2.24) is 9.80 Å². The second-order valence-corrected chi connectivity index (χ2v) is 13.8. The number of hydrogen-bond donors (Lipinski definition) is 3. The molecule has 2 rings (SSSR count). The summed E-state index contributed by atoms with van der Waals surface area (Å²) in [6.45, 7) is 12.8. The van der Waals surface area contributed by atoms with E-state index in [4.69, 9.17) is 14.2 Å². The van der Waals surface area contributed by atoms with Crippen molar-refractivity contribution < 1.29 is 39.1 Å². The minimum atomic E-state index is -1.13. The maximum Gasteiger partial charge on any atom is 0.410 e. The highest BCUT2D eigenvalue weighted by molar-refractivity contribution is 5.70. The van der Waals surface area contributed by atoms with Crippen LogP contribution in [0.4, 0.5) is 4.79 Å². The summed E-state index contributed by atoms with van der Waals surface area (Å²) >= 11 is 0. The normalized spacial score (nSPS) is 31.7. The number of amides is 1. The Morgan fingerprint density at radius 3 is 2.53 bits per heavy atom. The van der Waals surface area contributed by atoms with E-state index in [1.165, 1.54) is 0 Å². The highest BCUT2D eigenvalue weighted by Crippen LogP contribution is 2.37. The monoisotopic (exact) mass is 636 g/mol. The van der Waals surface area contributed by atoms with Crippen LogP contribution in [0.3, 0.4) is 0 Å². The minimum Gasteiger partial charge on any atom is -0.457 e. The van der Waals surface area contributed by atoms with Crippen molar-refractivity contribution in [2.45, 2.75) is 122 Å².